The van der Waals surface area contributed by atoms with Gasteiger partial charge in [0.25, 0.3) is 0 Å². The number of phenolic OH excluding ortho intramolecular Hbond substituents is 1. The van der Waals surface area contributed by atoms with E-state index in [1.54, 1.807) is 28.4 Å². The number of hydrogen-bond donors (Lipinski definition) is 1. The van der Waals surface area contributed by atoms with Gasteiger partial charge in [-0.1, -0.05) is 6.07 Å². The van der Waals surface area contributed by atoms with Gasteiger partial charge in [-0.2, -0.15) is 0 Å². The van der Waals surface area contributed by atoms with Crippen molar-refractivity contribution in [3.8, 4) is 28.7 Å². The molecule has 0 spiro atoms. The van der Waals surface area contributed by atoms with E-state index in [1.807, 2.05) is 24.3 Å². The zero-order chi connectivity index (χ0) is 21.7. The van der Waals surface area contributed by atoms with Crippen molar-refractivity contribution in [2.45, 2.75) is 13.1 Å². The Morgan fingerprint density at radius 3 is 1.97 bits per heavy atom. The van der Waals surface area contributed by atoms with Crippen LogP contribution in [0.4, 0.5) is 0 Å². The summed E-state index contributed by atoms with van der Waals surface area (Å²) >= 11 is 2.14. The van der Waals surface area contributed by atoms with Crippen molar-refractivity contribution in [1.29, 1.82) is 0 Å². The molecule has 8 heteroatoms. The molecule has 3 rings (SSSR count). The van der Waals surface area contributed by atoms with Crippen molar-refractivity contribution < 1.29 is 24.1 Å². The molecule has 0 unspecified atom stereocenters. The molecule has 164 valence electrons. The van der Waals surface area contributed by atoms with Gasteiger partial charge in [-0.25, -0.2) is 0 Å². The Bertz CT molecular complexity index is 869. The molecular formula is C22H29IN2O5. The summed E-state index contributed by atoms with van der Waals surface area (Å²) in [5, 5.41) is 10.0. The molecule has 1 heterocycles. The van der Waals surface area contributed by atoms with E-state index in [0.29, 0.717) is 17.2 Å². The summed E-state index contributed by atoms with van der Waals surface area (Å²) in [5.41, 5.74) is 2.23. The number of methoxy groups -OCH3 is 4. The van der Waals surface area contributed by atoms with Crippen LogP contribution in [0.1, 0.15) is 11.1 Å². The third kappa shape index (κ3) is 5.04. The third-order valence-corrected chi connectivity index (χ3v) is 6.18. The number of ether oxygens (including phenoxy) is 4. The molecule has 1 aliphatic rings. The normalized spacial score (nSPS) is 15.1. The van der Waals surface area contributed by atoms with Gasteiger partial charge in [-0.05, 0) is 46.4 Å². The molecule has 0 radical (unpaired) electrons. The van der Waals surface area contributed by atoms with Gasteiger partial charge < -0.3 is 24.1 Å². The van der Waals surface area contributed by atoms with Crippen molar-refractivity contribution in [2.75, 3.05) is 54.6 Å². The van der Waals surface area contributed by atoms with Gasteiger partial charge in [0.05, 0.1) is 32.0 Å². The van der Waals surface area contributed by atoms with E-state index >= 15 is 0 Å². The van der Waals surface area contributed by atoms with Gasteiger partial charge in [0.15, 0.2) is 23.0 Å². The molecule has 1 saturated heterocycles. The fourth-order valence-corrected chi connectivity index (χ4v) is 4.43. The van der Waals surface area contributed by atoms with Gasteiger partial charge >= 0.3 is 0 Å². The SMILES string of the molecule is COc1cc(CN2CCN(Cc3ccc(OC)c(OC)c3OC)CC2)cc(I)c1O. The van der Waals surface area contributed by atoms with Gasteiger partial charge in [-0.15, -0.1) is 0 Å². The molecular weight excluding hydrogens is 499 g/mol. The molecule has 1 aliphatic heterocycles. The zero-order valence-corrected chi connectivity index (χ0v) is 20.1. The molecule has 1 N–H and O–H groups in total. The maximum Gasteiger partial charge on any atom is 0.203 e. The Morgan fingerprint density at radius 2 is 1.40 bits per heavy atom. The number of aromatic hydroxyl groups is 1. The minimum absolute atomic E-state index is 0.204. The maximum atomic E-state index is 10.0. The number of rotatable bonds is 8. The summed E-state index contributed by atoms with van der Waals surface area (Å²) in [6.45, 7) is 5.49. The second kappa shape index (κ2) is 10.4. The van der Waals surface area contributed by atoms with E-state index in [-0.39, 0.29) is 5.75 Å². The molecule has 0 aliphatic carbocycles. The van der Waals surface area contributed by atoms with Crippen LogP contribution in [-0.2, 0) is 13.1 Å². The van der Waals surface area contributed by atoms with Crippen molar-refractivity contribution in [3.05, 3.63) is 39.0 Å². The van der Waals surface area contributed by atoms with Gasteiger partial charge in [0.1, 0.15) is 0 Å². The third-order valence-electron chi connectivity index (χ3n) is 5.36. The van der Waals surface area contributed by atoms with Crippen LogP contribution in [0.3, 0.4) is 0 Å². The summed E-state index contributed by atoms with van der Waals surface area (Å²) in [6.07, 6.45) is 0. The lowest BCUT2D eigenvalue weighted by Gasteiger charge is -2.35. The fourth-order valence-electron chi connectivity index (χ4n) is 3.77. The first-order chi connectivity index (χ1) is 14.5. The Hall–Kier alpha value is -1.91. The lowest BCUT2D eigenvalue weighted by Crippen LogP contribution is -2.45. The zero-order valence-electron chi connectivity index (χ0n) is 17.9. The van der Waals surface area contributed by atoms with E-state index in [9.17, 15) is 5.11 Å². The Balaban J connectivity index is 1.62. The van der Waals surface area contributed by atoms with E-state index in [2.05, 4.69) is 32.4 Å². The highest BCUT2D eigenvalue weighted by Gasteiger charge is 2.22. The first-order valence-corrected chi connectivity index (χ1v) is 10.9. The van der Waals surface area contributed by atoms with Gasteiger partial charge in [0.2, 0.25) is 5.75 Å². The number of piperazine rings is 1. The predicted octanol–water partition coefficient (Wildman–Crippen LogP) is 3.35. The average molecular weight is 528 g/mol. The first-order valence-electron chi connectivity index (χ1n) is 9.78. The van der Waals surface area contributed by atoms with Crippen LogP contribution >= 0.6 is 22.6 Å². The van der Waals surface area contributed by atoms with Crippen LogP contribution in [0, 0.1) is 3.57 Å². The molecule has 30 heavy (non-hydrogen) atoms. The van der Waals surface area contributed by atoms with Crippen LogP contribution in [0.15, 0.2) is 24.3 Å². The number of nitrogens with zero attached hydrogens (tertiary/aromatic N) is 2. The highest BCUT2D eigenvalue weighted by molar-refractivity contribution is 14.1. The van der Waals surface area contributed by atoms with Crippen LogP contribution in [0.25, 0.3) is 0 Å². The van der Waals surface area contributed by atoms with E-state index in [4.69, 9.17) is 18.9 Å². The molecule has 7 nitrogen and oxygen atoms in total. The Morgan fingerprint density at radius 1 is 0.800 bits per heavy atom. The number of phenols is 1. The highest BCUT2D eigenvalue weighted by atomic mass is 127. The second-order valence-corrected chi connectivity index (χ2v) is 8.34. The standard InChI is InChI=1S/C22H29IN2O5/c1-27-18-6-5-16(21(29-3)22(18)30-4)14-25-9-7-24(8-10-25)13-15-11-17(23)20(26)19(12-15)28-2/h5-6,11-12,26H,7-10,13-14H2,1-4H3. The lowest BCUT2D eigenvalue weighted by molar-refractivity contribution is 0.121. The summed E-state index contributed by atoms with van der Waals surface area (Å²) in [5.74, 6) is 2.76. The largest absolute Gasteiger partial charge is 0.504 e. The number of halogens is 1. The van der Waals surface area contributed by atoms with Gasteiger partial charge in [0, 0.05) is 44.8 Å². The number of benzene rings is 2. The summed E-state index contributed by atoms with van der Waals surface area (Å²) in [4.78, 5) is 4.84. The second-order valence-electron chi connectivity index (χ2n) is 7.17. The lowest BCUT2D eigenvalue weighted by atomic mass is 10.1. The topological polar surface area (TPSA) is 63.6 Å². The molecule has 1 fully saturated rings. The summed E-state index contributed by atoms with van der Waals surface area (Å²) in [6, 6.07) is 7.89. The maximum absolute atomic E-state index is 10.0. The average Bonchev–Trinajstić information content (AvgIpc) is 2.76. The summed E-state index contributed by atoms with van der Waals surface area (Å²) in [7, 11) is 6.49. The molecule has 0 atom stereocenters. The van der Waals surface area contributed by atoms with Crippen LogP contribution in [0.5, 0.6) is 28.7 Å². The van der Waals surface area contributed by atoms with Crippen molar-refractivity contribution in [2.24, 2.45) is 0 Å². The van der Waals surface area contributed by atoms with Crippen molar-refractivity contribution >= 4 is 22.6 Å². The monoisotopic (exact) mass is 528 g/mol. The minimum atomic E-state index is 0.204. The quantitative estimate of drug-likeness (QED) is 0.528. The number of hydrogen-bond acceptors (Lipinski definition) is 7. The minimum Gasteiger partial charge on any atom is -0.504 e. The van der Waals surface area contributed by atoms with Crippen LogP contribution in [-0.4, -0.2) is 69.5 Å². The highest BCUT2D eigenvalue weighted by Crippen LogP contribution is 2.40. The van der Waals surface area contributed by atoms with Crippen LogP contribution < -0.4 is 18.9 Å². The molecule has 0 saturated carbocycles. The molecule has 0 aromatic heterocycles. The van der Waals surface area contributed by atoms with Gasteiger partial charge in [-0.3, -0.25) is 9.80 Å². The first kappa shape index (κ1) is 22.8. The summed E-state index contributed by atoms with van der Waals surface area (Å²) < 4.78 is 22.6. The van der Waals surface area contributed by atoms with Crippen molar-refractivity contribution in [3.63, 3.8) is 0 Å². The van der Waals surface area contributed by atoms with E-state index in [1.165, 1.54) is 0 Å². The molecule has 0 amide bonds. The Labute approximate surface area is 191 Å². The predicted molar refractivity (Wildman–Crippen MR) is 124 cm³/mol. The smallest absolute Gasteiger partial charge is 0.203 e. The molecule has 2 aromatic carbocycles. The molecule has 2 aromatic rings. The van der Waals surface area contributed by atoms with Crippen LogP contribution in [0.2, 0.25) is 0 Å². The Kier molecular flexibility index (Phi) is 7.90. The van der Waals surface area contributed by atoms with E-state index in [0.717, 1.165) is 59.7 Å². The molecule has 0 bridgehead atoms. The van der Waals surface area contributed by atoms with Crippen molar-refractivity contribution in [1.82, 2.24) is 9.80 Å². The fraction of sp³-hybridized carbons (Fsp3) is 0.455. The van der Waals surface area contributed by atoms with E-state index < -0.39 is 0 Å².